The third-order valence-electron chi connectivity index (χ3n) is 4.47. The zero-order valence-corrected chi connectivity index (χ0v) is 14.4. The molecule has 1 fully saturated rings. The SMILES string of the molecule is Cc1ccc(Nc2cc(C)n3c(=O)n(CC4CCCO4)nc3n2)cc1. The molecule has 25 heavy (non-hydrogen) atoms. The molecule has 3 aromatic rings. The number of nitrogens with zero attached hydrogens (tertiary/aromatic N) is 4. The Labute approximate surface area is 145 Å². The van der Waals surface area contributed by atoms with Gasteiger partial charge in [-0.1, -0.05) is 17.7 Å². The zero-order chi connectivity index (χ0) is 17.4. The fourth-order valence-electron chi connectivity index (χ4n) is 3.13. The summed E-state index contributed by atoms with van der Waals surface area (Å²) in [6, 6.07) is 9.92. The van der Waals surface area contributed by atoms with E-state index >= 15 is 0 Å². The van der Waals surface area contributed by atoms with E-state index in [0.717, 1.165) is 30.8 Å². The fourth-order valence-corrected chi connectivity index (χ4v) is 3.13. The van der Waals surface area contributed by atoms with Gasteiger partial charge in [-0.25, -0.2) is 13.9 Å². The van der Waals surface area contributed by atoms with Gasteiger partial charge in [0.15, 0.2) is 0 Å². The van der Waals surface area contributed by atoms with Crippen LogP contribution in [0.5, 0.6) is 0 Å². The van der Waals surface area contributed by atoms with Crippen molar-refractivity contribution in [3.8, 4) is 0 Å². The standard InChI is InChI=1S/C18H21N5O2/c1-12-5-7-14(8-6-12)19-16-10-13(2)23-17(20-16)21-22(18(23)24)11-15-4-3-9-25-15/h5-8,10,15H,3-4,9,11H2,1-2H3,(H,19,20,21). The summed E-state index contributed by atoms with van der Waals surface area (Å²) in [5.41, 5.74) is 2.77. The Hall–Kier alpha value is -2.67. The summed E-state index contributed by atoms with van der Waals surface area (Å²) in [7, 11) is 0. The summed E-state index contributed by atoms with van der Waals surface area (Å²) in [4.78, 5) is 17.1. The molecule has 1 saturated heterocycles. The maximum atomic E-state index is 12.6. The monoisotopic (exact) mass is 339 g/mol. The van der Waals surface area contributed by atoms with E-state index in [0.29, 0.717) is 18.1 Å². The van der Waals surface area contributed by atoms with E-state index in [-0.39, 0.29) is 11.8 Å². The number of nitrogens with one attached hydrogen (secondary N) is 1. The highest BCUT2D eigenvalue weighted by molar-refractivity contribution is 5.58. The lowest BCUT2D eigenvalue weighted by molar-refractivity contribution is 0.0931. The highest BCUT2D eigenvalue weighted by Gasteiger charge is 2.19. The van der Waals surface area contributed by atoms with Crippen molar-refractivity contribution >= 4 is 17.3 Å². The van der Waals surface area contributed by atoms with Gasteiger partial charge in [-0.15, -0.1) is 5.10 Å². The molecule has 130 valence electrons. The van der Waals surface area contributed by atoms with Gasteiger partial charge in [-0.05, 0) is 38.8 Å². The molecule has 4 rings (SSSR count). The molecule has 0 radical (unpaired) electrons. The number of hydrogen-bond acceptors (Lipinski definition) is 5. The van der Waals surface area contributed by atoms with Crippen LogP contribution in [0.2, 0.25) is 0 Å². The second-order valence-corrected chi connectivity index (χ2v) is 6.51. The lowest BCUT2D eigenvalue weighted by atomic mass is 10.2. The third-order valence-corrected chi connectivity index (χ3v) is 4.47. The first kappa shape index (κ1) is 15.8. The number of aryl methyl sites for hydroxylation is 2. The highest BCUT2D eigenvalue weighted by Crippen LogP contribution is 2.17. The van der Waals surface area contributed by atoms with Crippen LogP contribution in [-0.4, -0.2) is 31.9 Å². The molecule has 0 amide bonds. The smallest absolute Gasteiger partial charge is 0.351 e. The summed E-state index contributed by atoms with van der Waals surface area (Å²) >= 11 is 0. The van der Waals surface area contributed by atoms with Crippen molar-refractivity contribution in [2.75, 3.05) is 11.9 Å². The first-order valence-electron chi connectivity index (χ1n) is 8.53. The minimum absolute atomic E-state index is 0.0630. The Morgan fingerprint density at radius 1 is 1.28 bits per heavy atom. The van der Waals surface area contributed by atoms with Gasteiger partial charge in [0.05, 0.1) is 12.6 Å². The van der Waals surface area contributed by atoms with Crippen LogP contribution in [-0.2, 0) is 11.3 Å². The van der Waals surface area contributed by atoms with Crippen LogP contribution < -0.4 is 11.0 Å². The van der Waals surface area contributed by atoms with Crippen LogP contribution in [0.4, 0.5) is 11.5 Å². The van der Waals surface area contributed by atoms with Gasteiger partial charge < -0.3 is 10.1 Å². The molecule has 1 aliphatic heterocycles. The quantitative estimate of drug-likeness (QED) is 0.790. The van der Waals surface area contributed by atoms with Crippen LogP contribution in [0.3, 0.4) is 0 Å². The van der Waals surface area contributed by atoms with Crippen molar-refractivity contribution in [2.45, 2.75) is 39.3 Å². The number of rotatable bonds is 4. The molecule has 1 N–H and O–H groups in total. The van der Waals surface area contributed by atoms with Crippen LogP contribution in [0, 0.1) is 13.8 Å². The molecular formula is C18H21N5O2. The van der Waals surface area contributed by atoms with Gasteiger partial charge in [0, 0.05) is 24.1 Å². The molecule has 0 saturated carbocycles. The number of fused-ring (bicyclic) bond motifs is 1. The highest BCUT2D eigenvalue weighted by atomic mass is 16.5. The first-order chi connectivity index (χ1) is 12.1. The van der Waals surface area contributed by atoms with Gasteiger partial charge in [0.2, 0.25) is 0 Å². The summed E-state index contributed by atoms with van der Waals surface area (Å²) in [6.07, 6.45) is 2.06. The minimum atomic E-state index is -0.169. The first-order valence-corrected chi connectivity index (χ1v) is 8.53. The average Bonchev–Trinajstić information content (AvgIpc) is 3.19. The predicted molar refractivity (Wildman–Crippen MR) is 95.4 cm³/mol. The van der Waals surface area contributed by atoms with E-state index in [1.807, 2.05) is 44.2 Å². The Morgan fingerprint density at radius 3 is 2.80 bits per heavy atom. The molecule has 1 aliphatic rings. The van der Waals surface area contributed by atoms with E-state index in [9.17, 15) is 4.79 Å². The van der Waals surface area contributed by atoms with Crippen molar-refractivity contribution in [3.05, 3.63) is 52.1 Å². The lowest BCUT2D eigenvalue weighted by Gasteiger charge is -2.07. The molecule has 3 heterocycles. The summed E-state index contributed by atoms with van der Waals surface area (Å²) < 4.78 is 8.61. The van der Waals surface area contributed by atoms with Gasteiger partial charge in [-0.3, -0.25) is 0 Å². The second kappa shape index (κ2) is 6.33. The fraction of sp³-hybridized carbons (Fsp3) is 0.389. The van der Waals surface area contributed by atoms with E-state index < -0.39 is 0 Å². The maximum absolute atomic E-state index is 12.6. The molecule has 0 aliphatic carbocycles. The van der Waals surface area contributed by atoms with E-state index in [2.05, 4.69) is 15.4 Å². The summed E-state index contributed by atoms with van der Waals surface area (Å²) in [6.45, 7) is 5.16. The molecule has 7 nitrogen and oxygen atoms in total. The van der Waals surface area contributed by atoms with Crippen molar-refractivity contribution in [1.29, 1.82) is 0 Å². The Balaban J connectivity index is 1.66. The number of anilines is 2. The van der Waals surface area contributed by atoms with E-state index in [1.54, 1.807) is 0 Å². The van der Waals surface area contributed by atoms with Crippen molar-refractivity contribution in [1.82, 2.24) is 19.2 Å². The molecule has 1 unspecified atom stereocenters. The van der Waals surface area contributed by atoms with Crippen LogP contribution in [0.15, 0.2) is 35.1 Å². The Kier molecular flexibility index (Phi) is 4.01. The normalized spacial score (nSPS) is 17.3. The third kappa shape index (κ3) is 3.15. The maximum Gasteiger partial charge on any atom is 0.351 e. The van der Waals surface area contributed by atoms with Gasteiger partial charge in [0.25, 0.3) is 5.78 Å². The molecule has 0 spiro atoms. The number of hydrogen-bond donors (Lipinski definition) is 1. The topological polar surface area (TPSA) is 73.5 Å². The van der Waals surface area contributed by atoms with Crippen molar-refractivity contribution in [2.24, 2.45) is 0 Å². The van der Waals surface area contributed by atoms with Crippen molar-refractivity contribution < 1.29 is 4.74 Å². The lowest BCUT2D eigenvalue weighted by Crippen LogP contribution is -2.27. The van der Waals surface area contributed by atoms with E-state index in [1.165, 1.54) is 14.6 Å². The van der Waals surface area contributed by atoms with Crippen LogP contribution in [0.1, 0.15) is 24.1 Å². The molecule has 7 heteroatoms. The van der Waals surface area contributed by atoms with Gasteiger partial charge >= 0.3 is 5.69 Å². The van der Waals surface area contributed by atoms with E-state index in [4.69, 9.17) is 4.74 Å². The van der Waals surface area contributed by atoms with Crippen LogP contribution in [0.25, 0.3) is 5.78 Å². The molecule has 0 bridgehead atoms. The number of ether oxygens (including phenoxy) is 1. The Morgan fingerprint density at radius 2 is 2.08 bits per heavy atom. The van der Waals surface area contributed by atoms with Gasteiger partial charge in [-0.2, -0.15) is 4.98 Å². The zero-order valence-electron chi connectivity index (χ0n) is 14.4. The van der Waals surface area contributed by atoms with Crippen molar-refractivity contribution in [3.63, 3.8) is 0 Å². The molecular weight excluding hydrogens is 318 g/mol. The average molecular weight is 339 g/mol. The summed E-state index contributed by atoms with van der Waals surface area (Å²) in [5.74, 6) is 1.07. The minimum Gasteiger partial charge on any atom is -0.376 e. The molecule has 2 aromatic heterocycles. The van der Waals surface area contributed by atoms with Gasteiger partial charge in [0.1, 0.15) is 5.82 Å². The molecule has 1 atom stereocenters. The predicted octanol–water partition coefficient (Wildman–Crippen LogP) is 2.43. The number of aromatic nitrogens is 4. The second-order valence-electron chi connectivity index (χ2n) is 6.51. The summed E-state index contributed by atoms with van der Waals surface area (Å²) in [5, 5.41) is 7.65. The largest absolute Gasteiger partial charge is 0.376 e. The number of benzene rings is 1. The molecule has 1 aromatic carbocycles. The van der Waals surface area contributed by atoms with Crippen LogP contribution >= 0.6 is 0 Å². The Bertz CT molecular complexity index is 952.